The van der Waals surface area contributed by atoms with Crippen LogP contribution in [0, 0.1) is 0 Å². The molecular formula is C68H41NS3. The summed E-state index contributed by atoms with van der Waals surface area (Å²) in [6, 6.07) is 94.3. The maximum atomic E-state index is 2.55. The van der Waals surface area contributed by atoms with E-state index in [0.29, 0.717) is 0 Å². The number of hydrogen-bond acceptors (Lipinski definition) is 4. The van der Waals surface area contributed by atoms with E-state index in [-0.39, 0.29) is 0 Å². The van der Waals surface area contributed by atoms with Crippen molar-refractivity contribution in [3.63, 3.8) is 0 Å². The third kappa shape index (κ3) is 5.41. The van der Waals surface area contributed by atoms with E-state index in [2.05, 4.69) is 254 Å². The Morgan fingerprint density at radius 2 is 0.764 bits per heavy atom. The highest BCUT2D eigenvalue weighted by atomic mass is 32.2. The van der Waals surface area contributed by atoms with Crippen molar-refractivity contribution in [2.75, 3.05) is 4.90 Å². The van der Waals surface area contributed by atoms with Crippen molar-refractivity contribution in [1.29, 1.82) is 0 Å². The standard InChI is InChI=1S/C68H41NS3/c1-4-19-51-46(16-1)49-41-45(37-38-53(49)67(51)54-21-6-11-28-62(54)71-63-29-12-7-22-55(63)67)69(44-35-32-42(33-36-44)43-34-39-61-50(40-43)47-17-3-10-27-60(47)70-61)59-26-15-25-58-66(59)48-18-2-5-20-52(48)68(58)56-23-8-13-30-64(56)72-65-31-14-9-24-57(65)68/h1-41H. The van der Waals surface area contributed by atoms with E-state index in [1.165, 1.54) is 118 Å². The van der Waals surface area contributed by atoms with E-state index < -0.39 is 10.8 Å². The van der Waals surface area contributed by atoms with E-state index in [9.17, 15) is 0 Å². The van der Waals surface area contributed by atoms with E-state index in [1.807, 2.05) is 34.9 Å². The number of benzene rings is 11. The maximum Gasteiger partial charge on any atom is 0.0736 e. The minimum Gasteiger partial charge on any atom is -0.310 e. The summed E-state index contributed by atoms with van der Waals surface area (Å²) >= 11 is 5.65. The average molecular weight is 968 g/mol. The van der Waals surface area contributed by atoms with Gasteiger partial charge in [0.05, 0.1) is 16.5 Å². The first-order chi connectivity index (χ1) is 35.7. The van der Waals surface area contributed by atoms with Gasteiger partial charge >= 0.3 is 0 Å². The lowest BCUT2D eigenvalue weighted by atomic mass is 9.67. The summed E-state index contributed by atoms with van der Waals surface area (Å²) in [5.41, 5.74) is 20.7. The van der Waals surface area contributed by atoms with E-state index in [0.717, 1.165) is 17.1 Å². The van der Waals surface area contributed by atoms with Gasteiger partial charge in [0.25, 0.3) is 0 Å². The number of fused-ring (bicyclic) bond motifs is 21. The van der Waals surface area contributed by atoms with Crippen molar-refractivity contribution < 1.29 is 0 Å². The average Bonchev–Trinajstić information content (AvgIpc) is 4.07. The van der Waals surface area contributed by atoms with Crippen molar-refractivity contribution in [3.05, 3.63) is 293 Å². The number of hydrogen-bond donors (Lipinski definition) is 0. The Balaban J connectivity index is 0.948. The van der Waals surface area contributed by atoms with Gasteiger partial charge in [-0.15, -0.1) is 11.3 Å². The summed E-state index contributed by atoms with van der Waals surface area (Å²) in [6.45, 7) is 0. The Morgan fingerprint density at radius 3 is 1.42 bits per heavy atom. The van der Waals surface area contributed by atoms with Gasteiger partial charge in [-0.1, -0.05) is 199 Å². The lowest BCUT2D eigenvalue weighted by molar-refractivity contribution is 0.722. The quantitative estimate of drug-likeness (QED) is 0.173. The van der Waals surface area contributed by atoms with Crippen LogP contribution in [0.3, 0.4) is 0 Å². The minimum absolute atomic E-state index is 0.455. The lowest BCUT2D eigenvalue weighted by Crippen LogP contribution is -2.32. The molecule has 0 fully saturated rings. The van der Waals surface area contributed by atoms with Crippen LogP contribution in [0.4, 0.5) is 17.1 Å². The van der Waals surface area contributed by atoms with Gasteiger partial charge in [-0.05, 0) is 145 Å². The molecule has 0 atom stereocenters. The molecule has 2 spiro atoms. The molecule has 0 amide bonds. The molecule has 0 unspecified atom stereocenters. The van der Waals surface area contributed by atoms with Gasteiger partial charge in [-0.3, -0.25) is 0 Å². The summed E-state index contributed by atoms with van der Waals surface area (Å²) < 4.78 is 2.64. The van der Waals surface area contributed by atoms with Crippen LogP contribution < -0.4 is 4.90 Å². The van der Waals surface area contributed by atoms with Gasteiger partial charge in [-0.2, -0.15) is 0 Å². The van der Waals surface area contributed by atoms with Crippen molar-refractivity contribution in [3.8, 4) is 33.4 Å². The smallest absolute Gasteiger partial charge is 0.0736 e. The SMILES string of the molecule is c1ccc2c(c1)Sc1ccccc1C21c2ccccc2-c2cc(N(c3ccc(-c4ccc5sc6ccccc6c5c4)cc3)c3cccc4c3-c3ccccc3C43c4ccccc4Sc4ccccc43)ccc21. The van der Waals surface area contributed by atoms with E-state index in [4.69, 9.17) is 0 Å². The summed E-state index contributed by atoms with van der Waals surface area (Å²) in [5.74, 6) is 0. The Bertz CT molecular complexity index is 4170. The van der Waals surface area contributed by atoms with Crippen LogP contribution in [0.2, 0.25) is 0 Å². The summed E-state index contributed by atoms with van der Waals surface area (Å²) in [4.78, 5) is 7.79. The van der Waals surface area contributed by atoms with Gasteiger partial charge in [0, 0.05) is 56.7 Å². The maximum absolute atomic E-state index is 2.55. The third-order valence-electron chi connectivity index (χ3n) is 16.0. The number of rotatable bonds is 4. The third-order valence-corrected chi connectivity index (χ3v) is 19.5. The molecule has 4 heteroatoms. The molecule has 1 nitrogen and oxygen atoms in total. The Kier molecular flexibility index (Phi) is 8.69. The molecule has 0 bridgehead atoms. The molecule has 12 aromatic rings. The van der Waals surface area contributed by atoms with E-state index >= 15 is 0 Å². The van der Waals surface area contributed by atoms with Crippen LogP contribution in [-0.2, 0) is 10.8 Å². The zero-order valence-corrected chi connectivity index (χ0v) is 41.3. The van der Waals surface area contributed by atoms with Crippen molar-refractivity contribution in [2.24, 2.45) is 0 Å². The second-order valence-electron chi connectivity index (χ2n) is 19.4. The Morgan fingerprint density at radius 1 is 0.292 bits per heavy atom. The summed E-state index contributed by atoms with van der Waals surface area (Å²) in [6.07, 6.45) is 0. The van der Waals surface area contributed by atoms with Crippen LogP contribution in [0.15, 0.2) is 268 Å². The molecule has 1 aromatic heterocycles. The van der Waals surface area contributed by atoms with Gasteiger partial charge < -0.3 is 4.90 Å². The molecule has 11 aromatic carbocycles. The Hall–Kier alpha value is -7.86. The topological polar surface area (TPSA) is 3.24 Å². The number of nitrogens with zero attached hydrogens (tertiary/aromatic N) is 1. The molecule has 2 aliphatic carbocycles. The molecule has 0 saturated carbocycles. The Labute approximate surface area is 431 Å². The molecular weight excluding hydrogens is 927 g/mol. The van der Waals surface area contributed by atoms with Crippen molar-refractivity contribution in [1.82, 2.24) is 0 Å². The van der Waals surface area contributed by atoms with Gasteiger partial charge in [-0.25, -0.2) is 0 Å². The van der Waals surface area contributed by atoms with Gasteiger partial charge in [0.2, 0.25) is 0 Å². The first kappa shape index (κ1) is 40.8. The zero-order chi connectivity index (χ0) is 47.1. The predicted molar refractivity (Wildman–Crippen MR) is 302 cm³/mol. The fourth-order valence-electron chi connectivity index (χ4n) is 13.2. The molecule has 0 radical (unpaired) electrons. The fourth-order valence-corrected chi connectivity index (χ4v) is 16.7. The van der Waals surface area contributed by atoms with Crippen LogP contribution in [0.1, 0.15) is 44.5 Å². The molecule has 2 aliphatic heterocycles. The normalized spacial score (nSPS) is 14.5. The second-order valence-corrected chi connectivity index (χ2v) is 22.7. The van der Waals surface area contributed by atoms with Crippen LogP contribution in [0.5, 0.6) is 0 Å². The van der Waals surface area contributed by atoms with Crippen LogP contribution in [0.25, 0.3) is 53.6 Å². The fraction of sp³-hybridized carbons (Fsp3) is 0.0294. The van der Waals surface area contributed by atoms with Gasteiger partial charge in [0.1, 0.15) is 0 Å². The lowest BCUT2D eigenvalue weighted by Gasteiger charge is -2.40. The first-order valence-electron chi connectivity index (χ1n) is 24.7. The minimum atomic E-state index is -0.497. The van der Waals surface area contributed by atoms with E-state index in [1.54, 1.807) is 0 Å². The predicted octanol–water partition coefficient (Wildman–Crippen LogP) is 18.8. The highest BCUT2D eigenvalue weighted by Gasteiger charge is 2.52. The zero-order valence-electron chi connectivity index (χ0n) is 38.8. The van der Waals surface area contributed by atoms with Crippen molar-refractivity contribution in [2.45, 2.75) is 30.4 Å². The summed E-state index contributed by atoms with van der Waals surface area (Å²) in [7, 11) is 0. The molecule has 336 valence electrons. The molecule has 3 heterocycles. The largest absolute Gasteiger partial charge is 0.310 e. The highest BCUT2D eigenvalue weighted by Crippen LogP contribution is 2.66. The monoisotopic (exact) mass is 967 g/mol. The number of thiophene rings is 1. The number of anilines is 3. The van der Waals surface area contributed by atoms with Gasteiger partial charge in [0.15, 0.2) is 0 Å². The first-order valence-corrected chi connectivity index (χ1v) is 27.2. The summed E-state index contributed by atoms with van der Waals surface area (Å²) in [5, 5.41) is 2.63. The second kappa shape index (κ2) is 15.3. The van der Waals surface area contributed by atoms with Crippen molar-refractivity contribution >= 4 is 72.1 Å². The molecule has 0 N–H and O–H groups in total. The molecule has 4 aliphatic rings. The molecule has 0 saturated heterocycles. The van der Waals surface area contributed by atoms with Crippen LogP contribution in [-0.4, -0.2) is 0 Å². The highest BCUT2D eigenvalue weighted by molar-refractivity contribution is 7.99. The molecule has 72 heavy (non-hydrogen) atoms. The molecule has 16 rings (SSSR count). The van der Waals surface area contributed by atoms with Crippen LogP contribution >= 0.6 is 34.9 Å².